The molecule has 25 heavy (non-hydrogen) atoms. The van der Waals surface area contributed by atoms with Gasteiger partial charge in [-0.1, -0.05) is 94.0 Å². The third-order valence-electron chi connectivity index (χ3n) is 4.66. The molecule has 0 saturated heterocycles. The van der Waals surface area contributed by atoms with Gasteiger partial charge in [0.25, 0.3) is 0 Å². The molecule has 134 valence electrons. The maximum atomic E-state index is 11.0. The monoisotopic (exact) mass is 338 g/mol. The minimum Gasteiger partial charge on any atom is -0.481 e. The Balaban J connectivity index is 2.03. The van der Waals surface area contributed by atoms with Crippen LogP contribution in [0.1, 0.15) is 63.0 Å². The van der Waals surface area contributed by atoms with Gasteiger partial charge < -0.3 is 5.11 Å². The highest BCUT2D eigenvalue weighted by Crippen LogP contribution is 2.26. The first-order chi connectivity index (χ1) is 12.2. The fraction of sp³-hybridized carbons (Fsp3) is 0.435. The molecule has 0 aliphatic carbocycles. The van der Waals surface area contributed by atoms with Crippen molar-refractivity contribution in [3.8, 4) is 11.1 Å². The third kappa shape index (κ3) is 6.74. The lowest BCUT2D eigenvalue weighted by Gasteiger charge is -2.12. The van der Waals surface area contributed by atoms with Gasteiger partial charge in [-0.05, 0) is 35.1 Å². The van der Waals surface area contributed by atoms with E-state index in [4.69, 9.17) is 5.11 Å². The minimum atomic E-state index is -0.769. The van der Waals surface area contributed by atoms with E-state index in [1.54, 1.807) is 0 Å². The average molecular weight is 338 g/mol. The number of hydrogen-bond acceptors (Lipinski definition) is 1. The molecule has 0 aliphatic heterocycles. The van der Waals surface area contributed by atoms with Crippen molar-refractivity contribution in [2.75, 3.05) is 0 Å². The van der Waals surface area contributed by atoms with Crippen LogP contribution in [0.3, 0.4) is 0 Å². The van der Waals surface area contributed by atoms with Gasteiger partial charge in [0.15, 0.2) is 0 Å². The first-order valence-corrected chi connectivity index (χ1v) is 9.59. The zero-order valence-corrected chi connectivity index (χ0v) is 15.3. The van der Waals surface area contributed by atoms with Gasteiger partial charge in [-0.25, -0.2) is 0 Å². The summed E-state index contributed by atoms with van der Waals surface area (Å²) in [6.45, 7) is 2.25. The lowest BCUT2D eigenvalue weighted by atomic mass is 9.93. The molecule has 0 saturated carbocycles. The van der Waals surface area contributed by atoms with E-state index >= 15 is 0 Å². The largest absolute Gasteiger partial charge is 0.481 e. The zero-order chi connectivity index (χ0) is 17.9. The summed E-state index contributed by atoms with van der Waals surface area (Å²) in [5.41, 5.74) is 4.62. The molecule has 1 N–H and O–H groups in total. The SMILES string of the molecule is CCCCCCCCCc1cc(CC(=O)O)ccc1-c1ccccc1. The second-order valence-electron chi connectivity index (χ2n) is 6.80. The molecule has 2 heteroatoms. The first-order valence-electron chi connectivity index (χ1n) is 9.59. The Morgan fingerprint density at radius 2 is 1.56 bits per heavy atom. The molecule has 2 rings (SSSR count). The van der Waals surface area contributed by atoms with Crippen molar-refractivity contribution in [1.29, 1.82) is 0 Å². The van der Waals surface area contributed by atoms with Crippen LogP contribution >= 0.6 is 0 Å². The van der Waals surface area contributed by atoms with E-state index in [1.165, 1.54) is 61.6 Å². The predicted molar refractivity (Wildman–Crippen MR) is 105 cm³/mol. The Hall–Kier alpha value is -2.09. The molecule has 0 heterocycles. The molecule has 0 aliphatic rings. The van der Waals surface area contributed by atoms with E-state index in [0.29, 0.717) is 0 Å². The van der Waals surface area contributed by atoms with Crippen molar-refractivity contribution < 1.29 is 9.90 Å². The summed E-state index contributed by atoms with van der Waals surface area (Å²) < 4.78 is 0. The van der Waals surface area contributed by atoms with Crippen LogP contribution in [0.5, 0.6) is 0 Å². The van der Waals surface area contributed by atoms with Crippen molar-refractivity contribution in [3.63, 3.8) is 0 Å². The van der Waals surface area contributed by atoms with Gasteiger partial charge in [-0.3, -0.25) is 4.79 Å². The van der Waals surface area contributed by atoms with Crippen molar-refractivity contribution in [3.05, 3.63) is 59.7 Å². The van der Waals surface area contributed by atoms with Crippen LogP contribution in [-0.2, 0) is 17.6 Å². The number of hydrogen-bond donors (Lipinski definition) is 1. The highest BCUT2D eigenvalue weighted by atomic mass is 16.4. The fourth-order valence-electron chi connectivity index (χ4n) is 3.31. The van der Waals surface area contributed by atoms with Gasteiger partial charge in [-0.15, -0.1) is 0 Å². The molecule has 2 aromatic carbocycles. The Labute approximate surface area is 151 Å². The molecule has 2 nitrogen and oxygen atoms in total. The number of unbranched alkanes of at least 4 members (excludes halogenated alkanes) is 6. The van der Waals surface area contributed by atoms with E-state index in [0.717, 1.165) is 12.0 Å². The maximum absolute atomic E-state index is 11.0. The smallest absolute Gasteiger partial charge is 0.307 e. The Morgan fingerprint density at radius 3 is 2.24 bits per heavy atom. The van der Waals surface area contributed by atoms with Crippen LogP contribution in [0, 0.1) is 0 Å². The van der Waals surface area contributed by atoms with Crippen LogP contribution in [0.2, 0.25) is 0 Å². The van der Waals surface area contributed by atoms with Crippen molar-refractivity contribution >= 4 is 5.97 Å². The van der Waals surface area contributed by atoms with Crippen molar-refractivity contribution in [1.82, 2.24) is 0 Å². The molecule has 0 spiro atoms. The van der Waals surface area contributed by atoms with E-state index in [1.807, 2.05) is 12.1 Å². The number of aryl methyl sites for hydroxylation is 1. The van der Waals surface area contributed by atoms with Crippen LogP contribution in [0.15, 0.2) is 48.5 Å². The molecule has 0 radical (unpaired) electrons. The summed E-state index contributed by atoms with van der Waals surface area (Å²) in [5.74, 6) is -0.769. The molecule has 0 bridgehead atoms. The molecule has 2 aromatic rings. The number of carbonyl (C=O) groups is 1. The van der Waals surface area contributed by atoms with Gasteiger partial charge in [0.2, 0.25) is 0 Å². The predicted octanol–water partition coefficient (Wildman–Crippen LogP) is 6.27. The summed E-state index contributed by atoms with van der Waals surface area (Å²) in [6.07, 6.45) is 10.1. The van der Waals surface area contributed by atoms with Crippen molar-refractivity contribution in [2.45, 2.75) is 64.7 Å². The third-order valence-corrected chi connectivity index (χ3v) is 4.66. The maximum Gasteiger partial charge on any atom is 0.307 e. The normalized spacial score (nSPS) is 10.8. The number of carboxylic acid groups (broad SMARTS) is 1. The van der Waals surface area contributed by atoms with Crippen LogP contribution in [0.25, 0.3) is 11.1 Å². The fourth-order valence-corrected chi connectivity index (χ4v) is 3.31. The minimum absolute atomic E-state index is 0.0963. The average Bonchev–Trinajstić information content (AvgIpc) is 2.61. The number of rotatable bonds is 11. The molecule has 0 atom stereocenters. The molecular formula is C23H30O2. The van der Waals surface area contributed by atoms with Gasteiger partial charge in [0.1, 0.15) is 0 Å². The highest BCUT2D eigenvalue weighted by Gasteiger charge is 2.08. The summed E-state index contributed by atoms with van der Waals surface area (Å²) in [7, 11) is 0. The zero-order valence-electron chi connectivity index (χ0n) is 15.3. The Bertz CT molecular complexity index is 646. The second kappa shape index (κ2) is 10.7. The summed E-state index contributed by atoms with van der Waals surface area (Å²) in [4.78, 5) is 11.0. The molecule has 0 amide bonds. The lowest BCUT2D eigenvalue weighted by molar-refractivity contribution is -0.136. The van der Waals surface area contributed by atoms with E-state index < -0.39 is 5.97 Å². The second-order valence-corrected chi connectivity index (χ2v) is 6.80. The Morgan fingerprint density at radius 1 is 0.880 bits per heavy atom. The van der Waals surface area contributed by atoms with Crippen LogP contribution in [0.4, 0.5) is 0 Å². The lowest BCUT2D eigenvalue weighted by Crippen LogP contribution is -2.01. The number of carboxylic acids is 1. The first kappa shape index (κ1) is 19.2. The number of benzene rings is 2. The quantitative estimate of drug-likeness (QED) is 0.490. The number of aliphatic carboxylic acids is 1. The molecular weight excluding hydrogens is 308 g/mol. The van der Waals surface area contributed by atoms with Gasteiger partial charge >= 0.3 is 5.97 Å². The van der Waals surface area contributed by atoms with Crippen LogP contribution in [-0.4, -0.2) is 11.1 Å². The highest BCUT2D eigenvalue weighted by molar-refractivity contribution is 5.72. The summed E-state index contributed by atoms with van der Waals surface area (Å²) in [6, 6.07) is 16.5. The van der Waals surface area contributed by atoms with E-state index in [9.17, 15) is 4.79 Å². The standard InChI is InChI=1S/C23H30O2/c1-2-3-4-5-6-7-9-14-21-17-19(18-23(24)25)15-16-22(21)20-12-10-8-11-13-20/h8,10-13,15-17H,2-7,9,14,18H2,1H3,(H,24,25). The molecule has 0 fully saturated rings. The summed E-state index contributed by atoms with van der Waals surface area (Å²) in [5, 5.41) is 9.06. The van der Waals surface area contributed by atoms with Gasteiger partial charge in [0, 0.05) is 0 Å². The van der Waals surface area contributed by atoms with E-state index in [2.05, 4.69) is 43.3 Å². The van der Waals surface area contributed by atoms with Gasteiger partial charge in [-0.2, -0.15) is 0 Å². The van der Waals surface area contributed by atoms with Crippen LogP contribution < -0.4 is 0 Å². The molecule has 0 aromatic heterocycles. The van der Waals surface area contributed by atoms with Gasteiger partial charge in [0.05, 0.1) is 6.42 Å². The summed E-state index contributed by atoms with van der Waals surface area (Å²) >= 11 is 0. The Kier molecular flexibility index (Phi) is 8.24. The molecule has 0 unspecified atom stereocenters. The van der Waals surface area contributed by atoms with E-state index in [-0.39, 0.29) is 6.42 Å². The van der Waals surface area contributed by atoms with Crippen molar-refractivity contribution in [2.24, 2.45) is 0 Å². The topological polar surface area (TPSA) is 37.3 Å².